The Kier molecular flexibility index (Phi) is 5.08. The summed E-state index contributed by atoms with van der Waals surface area (Å²) in [6.45, 7) is 0. The first-order valence-corrected chi connectivity index (χ1v) is 8.10. The molecule has 0 spiro atoms. The van der Waals surface area contributed by atoms with Gasteiger partial charge in [-0.1, -0.05) is 70.2 Å². The Bertz CT molecular complexity index is 820. The van der Waals surface area contributed by atoms with E-state index in [4.69, 9.17) is 0 Å². The van der Waals surface area contributed by atoms with E-state index in [1.807, 2.05) is 60.7 Å². The molecule has 3 heteroatoms. The van der Waals surface area contributed by atoms with Gasteiger partial charge in [0.1, 0.15) is 11.9 Å². The summed E-state index contributed by atoms with van der Waals surface area (Å²) in [7, 11) is 0. The molecule has 112 valence electrons. The first-order chi connectivity index (χ1) is 11.3. The third-order valence-electron chi connectivity index (χ3n) is 3.28. The van der Waals surface area contributed by atoms with Gasteiger partial charge in [-0.05, 0) is 35.9 Å². The number of benzene rings is 2. The van der Waals surface area contributed by atoms with Gasteiger partial charge in [0.2, 0.25) is 0 Å². The second-order valence-electron chi connectivity index (χ2n) is 4.98. The van der Waals surface area contributed by atoms with Gasteiger partial charge < -0.3 is 5.32 Å². The zero-order valence-corrected chi connectivity index (χ0v) is 14.0. The van der Waals surface area contributed by atoms with E-state index < -0.39 is 0 Å². The van der Waals surface area contributed by atoms with Crippen molar-refractivity contribution in [2.24, 2.45) is 0 Å². The second kappa shape index (κ2) is 7.62. The maximum absolute atomic E-state index is 4.33. The molecule has 0 amide bonds. The predicted molar refractivity (Wildman–Crippen MR) is 98.1 cm³/mol. The number of rotatable bonds is 3. The summed E-state index contributed by atoms with van der Waals surface area (Å²) in [5, 5.41) is 3.38. The number of nitrogens with one attached hydrogen (secondary N) is 1. The molecule has 1 heterocycles. The second-order valence-corrected chi connectivity index (χ2v) is 5.90. The average Bonchev–Trinajstić information content (AvgIpc) is 2.60. The maximum atomic E-state index is 4.33. The van der Waals surface area contributed by atoms with Crippen LogP contribution in [0.3, 0.4) is 0 Å². The minimum atomic E-state index is -0.120. The van der Waals surface area contributed by atoms with E-state index in [-0.39, 0.29) is 6.04 Å². The SMILES string of the molecule is Brc1cccc(C#CC(Nc2ccccn2)c2ccccc2)c1. The summed E-state index contributed by atoms with van der Waals surface area (Å²) in [6, 6.07) is 23.8. The maximum Gasteiger partial charge on any atom is 0.127 e. The number of nitrogens with zero attached hydrogens (tertiary/aromatic N) is 1. The van der Waals surface area contributed by atoms with E-state index in [0.717, 1.165) is 21.4 Å². The molecule has 2 nitrogen and oxygen atoms in total. The molecule has 23 heavy (non-hydrogen) atoms. The van der Waals surface area contributed by atoms with Crippen LogP contribution in [0.15, 0.2) is 83.5 Å². The van der Waals surface area contributed by atoms with Crippen LogP contribution in [0.2, 0.25) is 0 Å². The molecule has 0 saturated heterocycles. The van der Waals surface area contributed by atoms with Crippen LogP contribution in [0, 0.1) is 11.8 Å². The lowest BCUT2D eigenvalue weighted by atomic mass is 10.1. The lowest BCUT2D eigenvalue weighted by Crippen LogP contribution is -2.09. The summed E-state index contributed by atoms with van der Waals surface area (Å²) in [5.74, 6) is 7.35. The molecule has 0 aliphatic rings. The Balaban J connectivity index is 1.90. The fraction of sp³-hybridized carbons (Fsp3) is 0.0500. The van der Waals surface area contributed by atoms with E-state index in [1.165, 1.54) is 0 Å². The molecular formula is C20H15BrN2. The molecule has 3 aromatic rings. The number of pyridine rings is 1. The van der Waals surface area contributed by atoms with Gasteiger partial charge in [-0.15, -0.1) is 0 Å². The van der Waals surface area contributed by atoms with Crippen LogP contribution in [0.4, 0.5) is 5.82 Å². The van der Waals surface area contributed by atoms with Gasteiger partial charge in [0, 0.05) is 16.2 Å². The molecule has 3 rings (SSSR count). The van der Waals surface area contributed by atoms with Gasteiger partial charge in [-0.3, -0.25) is 0 Å². The summed E-state index contributed by atoms with van der Waals surface area (Å²) in [5.41, 5.74) is 2.09. The summed E-state index contributed by atoms with van der Waals surface area (Å²) >= 11 is 3.47. The smallest absolute Gasteiger partial charge is 0.127 e. The Morgan fingerprint density at radius 3 is 2.48 bits per heavy atom. The molecule has 0 radical (unpaired) electrons. The van der Waals surface area contributed by atoms with Gasteiger partial charge >= 0.3 is 0 Å². The van der Waals surface area contributed by atoms with E-state index >= 15 is 0 Å². The Hall–Kier alpha value is -2.57. The standard InChI is InChI=1S/C20H15BrN2/c21-18-10-6-7-16(15-18)12-13-19(17-8-2-1-3-9-17)23-20-11-4-5-14-22-20/h1-11,14-15,19H,(H,22,23). The van der Waals surface area contributed by atoms with Crippen molar-refractivity contribution in [2.45, 2.75) is 6.04 Å². The zero-order chi connectivity index (χ0) is 15.9. The van der Waals surface area contributed by atoms with Crippen molar-refractivity contribution in [1.29, 1.82) is 0 Å². The first-order valence-electron chi connectivity index (χ1n) is 7.31. The van der Waals surface area contributed by atoms with Crippen molar-refractivity contribution in [3.05, 3.63) is 94.6 Å². The van der Waals surface area contributed by atoms with Crippen LogP contribution in [0.1, 0.15) is 17.2 Å². The van der Waals surface area contributed by atoms with Crippen LogP contribution >= 0.6 is 15.9 Å². The fourth-order valence-corrected chi connectivity index (χ4v) is 2.57. The van der Waals surface area contributed by atoms with Gasteiger partial charge in [-0.25, -0.2) is 4.98 Å². The Labute approximate surface area is 144 Å². The molecule has 2 aromatic carbocycles. The molecule has 0 aliphatic carbocycles. The van der Waals surface area contributed by atoms with Crippen molar-refractivity contribution < 1.29 is 0 Å². The molecule has 0 saturated carbocycles. The number of anilines is 1. The topological polar surface area (TPSA) is 24.9 Å². The highest BCUT2D eigenvalue weighted by atomic mass is 79.9. The van der Waals surface area contributed by atoms with Crippen LogP contribution in [-0.4, -0.2) is 4.98 Å². The Morgan fingerprint density at radius 1 is 0.913 bits per heavy atom. The number of hydrogen-bond donors (Lipinski definition) is 1. The largest absolute Gasteiger partial charge is 0.353 e. The van der Waals surface area contributed by atoms with Crippen molar-refractivity contribution in [3.8, 4) is 11.8 Å². The number of hydrogen-bond acceptors (Lipinski definition) is 2. The minimum Gasteiger partial charge on any atom is -0.353 e. The van der Waals surface area contributed by atoms with Crippen LogP contribution in [0.25, 0.3) is 0 Å². The average molecular weight is 363 g/mol. The molecule has 1 unspecified atom stereocenters. The lowest BCUT2D eigenvalue weighted by molar-refractivity contribution is 1.00. The molecule has 0 fully saturated rings. The molecule has 1 aromatic heterocycles. The molecular weight excluding hydrogens is 348 g/mol. The van der Waals surface area contributed by atoms with Gasteiger partial charge in [-0.2, -0.15) is 0 Å². The lowest BCUT2D eigenvalue weighted by Gasteiger charge is -2.14. The molecule has 0 bridgehead atoms. The van der Waals surface area contributed by atoms with Crippen LogP contribution in [-0.2, 0) is 0 Å². The van der Waals surface area contributed by atoms with E-state index in [2.05, 4.69) is 50.2 Å². The quantitative estimate of drug-likeness (QED) is 0.659. The van der Waals surface area contributed by atoms with Crippen molar-refractivity contribution in [2.75, 3.05) is 5.32 Å². The predicted octanol–water partition coefficient (Wildman–Crippen LogP) is 5.05. The van der Waals surface area contributed by atoms with E-state index in [9.17, 15) is 0 Å². The van der Waals surface area contributed by atoms with Gasteiger partial charge in [0.25, 0.3) is 0 Å². The van der Waals surface area contributed by atoms with Crippen LogP contribution in [0.5, 0.6) is 0 Å². The highest BCUT2D eigenvalue weighted by Gasteiger charge is 2.08. The van der Waals surface area contributed by atoms with Gasteiger partial charge in [0.05, 0.1) is 0 Å². The normalized spacial score (nSPS) is 11.2. The first kappa shape index (κ1) is 15.3. The monoisotopic (exact) mass is 362 g/mol. The van der Waals surface area contributed by atoms with Gasteiger partial charge in [0.15, 0.2) is 0 Å². The number of halogens is 1. The molecule has 1 atom stereocenters. The minimum absolute atomic E-state index is 0.120. The third kappa shape index (κ3) is 4.45. The highest BCUT2D eigenvalue weighted by molar-refractivity contribution is 9.10. The van der Waals surface area contributed by atoms with Crippen molar-refractivity contribution >= 4 is 21.7 Å². The molecule has 0 aliphatic heterocycles. The van der Waals surface area contributed by atoms with E-state index in [0.29, 0.717) is 0 Å². The zero-order valence-electron chi connectivity index (χ0n) is 12.4. The van der Waals surface area contributed by atoms with Crippen molar-refractivity contribution in [1.82, 2.24) is 4.98 Å². The van der Waals surface area contributed by atoms with Crippen LogP contribution < -0.4 is 5.32 Å². The molecule has 1 N–H and O–H groups in total. The number of aromatic nitrogens is 1. The third-order valence-corrected chi connectivity index (χ3v) is 3.77. The summed E-state index contributed by atoms with van der Waals surface area (Å²) < 4.78 is 1.03. The fourth-order valence-electron chi connectivity index (χ4n) is 2.17. The van der Waals surface area contributed by atoms with E-state index in [1.54, 1.807) is 6.20 Å². The summed E-state index contributed by atoms with van der Waals surface area (Å²) in [6.07, 6.45) is 1.77. The Morgan fingerprint density at radius 2 is 1.74 bits per heavy atom. The summed E-state index contributed by atoms with van der Waals surface area (Å²) in [4.78, 5) is 4.33. The highest BCUT2D eigenvalue weighted by Crippen LogP contribution is 2.18. The van der Waals surface area contributed by atoms with Crippen molar-refractivity contribution in [3.63, 3.8) is 0 Å².